The van der Waals surface area contributed by atoms with Crippen LogP contribution in [0.15, 0.2) is 23.1 Å². The van der Waals surface area contributed by atoms with Crippen molar-refractivity contribution in [1.82, 2.24) is 5.32 Å². The first-order valence-electron chi connectivity index (χ1n) is 6.47. The summed E-state index contributed by atoms with van der Waals surface area (Å²) >= 11 is 0. The molecule has 1 saturated carbocycles. The van der Waals surface area contributed by atoms with E-state index in [9.17, 15) is 17.6 Å². The van der Waals surface area contributed by atoms with Crippen molar-refractivity contribution in [1.29, 1.82) is 0 Å². The van der Waals surface area contributed by atoms with Crippen LogP contribution in [0.5, 0.6) is 0 Å². The van der Waals surface area contributed by atoms with Gasteiger partial charge in [-0.15, -0.1) is 0 Å². The summed E-state index contributed by atoms with van der Waals surface area (Å²) in [4.78, 5) is 11.6. The van der Waals surface area contributed by atoms with Crippen molar-refractivity contribution in [3.8, 4) is 0 Å². The highest BCUT2D eigenvalue weighted by Gasteiger charge is 2.31. The fraction of sp³-hybridized carbons (Fsp3) is 0.462. The van der Waals surface area contributed by atoms with Gasteiger partial charge in [0.2, 0.25) is 0 Å². The van der Waals surface area contributed by atoms with Crippen molar-refractivity contribution in [3.63, 3.8) is 0 Å². The average molecular weight is 336 g/mol. The Morgan fingerprint density at radius 3 is 2.67 bits per heavy atom. The van der Waals surface area contributed by atoms with Gasteiger partial charge in [0, 0.05) is 28.9 Å². The molecule has 1 amide bonds. The molecular weight excluding hydrogens is 321 g/mol. The number of carbonyl (C=O) groups is 1. The monoisotopic (exact) mass is 335 g/mol. The third-order valence-corrected chi connectivity index (χ3v) is 4.58. The number of carbonyl (C=O) groups excluding carboxylic acids is 1. The molecule has 0 radical (unpaired) electrons. The van der Waals surface area contributed by atoms with E-state index in [1.165, 1.54) is 0 Å². The Kier molecular flexibility index (Phi) is 4.85. The fourth-order valence-corrected chi connectivity index (χ4v) is 2.95. The van der Waals surface area contributed by atoms with E-state index in [-0.39, 0.29) is 17.7 Å². The largest absolute Gasteiger partial charge is 0.378 e. The summed E-state index contributed by atoms with van der Waals surface area (Å²) in [5, 5.41) is 2.70. The first-order chi connectivity index (χ1) is 9.79. The van der Waals surface area contributed by atoms with E-state index in [2.05, 4.69) is 5.32 Å². The first kappa shape index (κ1) is 16.2. The third kappa shape index (κ3) is 4.15. The molecule has 0 aliphatic heterocycles. The van der Waals surface area contributed by atoms with Crippen LogP contribution in [-0.2, 0) is 13.8 Å². The second-order valence-electron chi connectivity index (χ2n) is 4.83. The van der Waals surface area contributed by atoms with Gasteiger partial charge in [0.1, 0.15) is 5.82 Å². The van der Waals surface area contributed by atoms with Gasteiger partial charge < -0.3 is 10.1 Å². The van der Waals surface area contributed by atoms with Crippen LogP contribution < -0.4 is 5.32 Å². The van der Waals surface area contributed by atoms with E-state index in [1.54, 1.807) is 0 Å². The Bertz CT molecular complexity index is 644. The lowest BCUT2D eigenvalue weighted by Gasteiger charge is -2.35. The first-order valence-corrected chi connectivity index (χ1v) is 8.78. The molecule has 1 aromatic rings. The van der Waals surface area contributed by atoms with Gasteiger partial charge in [0.25, 0.3) is 15.0 Å². The zero-order chi connectivity index (χ0) is 15.6. The molecule has 0 heterocycles. The maximum atomic E-state index is 13.4. The molecule has 1 N–H and O–H groups in total. The molecule has 1 fully saturated rings. The van der Waals surface area contributed by atoms with Crippen LogP contribution >= 0.6 is 10.7 Å². The predicted molar refractivity (Wildman–Crippen MR) is 75.3 cm³/mol. The maximum Gasteiger partial charge on any atom is 0.261 e. The second kappa shape index (κ2) is 6.29. The SMILES string of the molecule is CCOC1CC(NC(=O)c2cc(F)cc(S(=O)(=O)Cl)c2)C1. The number of ether oxygens (including phenoxy) is 1. The van der Waals surface area contributed by atoms with Crippen LogP contribution in [0.4, 0.5) is 4.39 Å². The third-order valence-electron chi connectivity index (χ3n) is 3.25. The van der Waals surface area contributed by atoms with Crippen LogP contribution in [-0.4, -0.2) is 33.1 Å². The molecule has 1 aliphatic carbocycles. The summed E-state index contributed by atoms with van der Waals surface area (Å²) in [6.07, 6.45) is 1.51. The van der Waals surface area contributed by atoms with Gasteiger partial charge >= 0.3 is 0 Å². The molecule has 1 aromatic carbocycles. The Morgan fingerprint density at radius 1 is 1.43 bits per heavy atom. The van der Waals surface area contributed by atoms with E-state index in [4.69, 9.17) is 15.4 Å². The number of benzene rings is 1. The maximum absolute atomic E-state index is 13.4. The quantitative estimate of drug-likeness (QED) is 0.836. The average Bonchev–Trinajstić information content (AvgIpc) is 2.34. The highest BCUT2D eigenvalue weighted by molar-refractivity contribution is 8.13. The highest BCUT2D eigenvalue weighted by Crippen LogP contribution is 2.24. The van der Waals surface area contributed by atoms with Crippen molar-refractivity contribution >= 4 is 25.6 Å². The Morgan fingerprint density at radius 2 is 2.10 bits per heavy atom. The van der Waals surface area contributed by atoms with Crippen molar-refractivity contribution in [2.75, 3.05) is 6.61 Å². The lowest BCUT2D eigenvalue weighted by molar-refractivity contribution is -0.00863. The molecule has 116 valence electrons. The van der Waals surface area contributed by atoms with Gasteiger partial charge in [-0.25, -0.2) is 12.8 Å². The minimum absolute atomic E-state index is 0.0478. The molecule has 5 nitrogen and oxygen atoms in total. The number of hydrogen-bond donors (Lipinski definition) is 1. The molecule has 21 heavy (non-hydrogen) atoms. The van der Waals surface area contributed by atoms with Crippen LogP contribution in [0.1, 0.15) is 30.1 Å². The number of amides is 1. The van der Waals surface area contributed by atoms with Crippen LogP contribution in [0.2, 0.25) is 0 Å². The fourth-order valence-electron chi connectivity index (χ4n) is 2.16. The minimum Gasteiger partial charge on any atom is -0.378 e. The van der Waals surface area contributed by atoms with Crippen molar-refractivity contribution < 1.29 is 22.3 Å². The van der Waals surface area contributed by atoms with E-state index in [0.29, 0.717) is 19.4 Å². The summed E-state index contributed by atoms with van der Waals surface area (Å²) in [6.45, 7) is 2.51. The molecule has 0 unspecified atom stereocenters. The van der Waals surface area contributed by atoms with E-state index >= 15 is 0 Å². The Labute approximate surface area is 126 Å². The van der Waals surface area contributed by atoms with E-state index < -0.39 is 25.7 Å². The minimum atomic E-state index is -4.09. The zero-order valence-electron chi connectivity index (χ0n) is 11.3. The van der Waals surface area contributed by atoms with Gasteiger partial charge in [0.05, 0.1) is 11.0 Å². The topological polar surface area (TPSA) is 72.5 Å². The standard InChI is InChI=1S/C13H15ClFNO4S/c1-2-20-11-6-10(7-11)16-13(17)8-3-9(15)5-12(4-8)21(14,18)19/h3-5,10-11H,2,6-7H2,1H3,(H,16,17). The van der Waals surface area contributed by atoms with Crippen LogP contribution in [0, 0.1) is 5.82 Å². The smallest absolute Gasteiger partial charge is 0.261 e. The van der Waals surface area contributed by atoms with Crippen molar-refractivity contribution in [3.05, 3.63) is 29.6 Å². The van der Waals surface area contributed by atoms with Crippen LogP contribution in [0.3, 0.4) is 0 Å². The Hall–Kier alpha value is -1.18. The molecule has 0 bridgehead atoms. The normalized spacial score (nSPS) is 21.7. The summed E-state index contributed by atoms with van der Waals surface area (Å²) in [7, 11) is 1.08. The summed E-state index contributed by atoms with van der Waals surface area (Å²) in [5.41, 5.74) is -0.0749. The molecule has 2 rings (SSSR count). The van der Waals surface area contributed by atoms with Crippen molar-refractivity contribution in [2.45, 2.75) is 36.8 Å². The second-order valence-corrected chi connectivity index (χ2v) is 7.40. The summed E-state index contributed by atoms with van der Waals surface area (Å²) in [5.74, 6) is -1.36. The number of rotatable bonds is 5. The van der Waals surface area contributed by atoms with Gasteiger partial charge in [0.15, 0.2) is 0 Å². The molecule has 0 atom stereocenters. The highest BCUT2D eigenvalue weighted by atomic mass is 35.7. The van der Waals surface area contributed by atoms with Gasteiger partial charge in [-0.3, -0.25) is 4.79 Å². The van der Waals surface area contributed by atoms with E-state index in [0.717, 1.165) is 18.2 Å². The molecular formula is C13H15ClFNO4S. The van der Waals surface area contributed by atoms with E-state index in [1.807, 2.05) is 6.92 Å². The van der Waals surface area contributed by atoms with Gasteiger partial charge in [-0.2, -0.15) is 0 Å². The van der Waals surface area contributed by atoms with Crippen molar-refractivity contribution in [2.24, 2.45) is 0 Å². The van der Waals surface area contributed by atoms with Gasteiger partial charge in [-0.05, 0) is 38.0 Å². The molecule has 0 spiro atoms. The number of nitrogens with one attached hydrogen (secondary N) is 1. The number of hydrogen-bond acceptors (Lipinski definition) is 4. The lowest BCUT2D eigenvalue weighted by Crippen LogP contribution is -2.47. The predicted octanol–water partition coefficient (Wildman–Crippen LogP) is 2.05. The molecule has 0 saturated heterocycles. The zero-order valence-corrected chi connectivity index (χ0v) is 12.9. The number of halogens is 2. The summed E-state index contributed by atoms with van der Waals surface area (Å²) in [6, 6.07) is 2.75. The Balaban J connectivity index is 2.05. The lowest BCUT2D eigenvalue weighted by atomic mass is 9.89. The van der Waals surface area contributed by atoms with Crippen LogP contribution in [0.25, 0.3) is 0 Å². The molecule has 1 aliphatic rings. The molecule has 0 aromatic heterocycles. The molecule has 8 heteroatoms. The summed E-state index contributed by atoms with van der Waals surface area (Å²) < 4.78 is 41.2. The van der Waals surface area contributed by atoms with Gasteiger partial charge in [-0.1, -0.05) is 0 Å².